The number of H-pyrrole nitrogens is 1. The van der Waals surface area contributed by atoms with Gasteiger partial charge < -0.3 is 16.5 Å². The van der Waals surface area contributed by atoms with Gasteiger partial charge in [-0.15, -0.1) is 0 Å². The Hall–Kier alpha value is -1.89. The van der Waals surface area contributed by atoms with E-state index in [1.165, 1.54) is 6.20 Å². The second kappa shape index (κ2) is 3.93. The maximum absolute atomic E-state index is 11.0. The van der Waals surface area contributed by atoms with E-state index in [0.717, 1.165) is 0 Å². The summed E-state index contributed by atoms with van der Waals surface area (Å²) in [4.78, 5) is 21.8. The minimum Gasteiger partial charge on any atom is -0.368 e. The third-order valence-electron chi connectivity index (χ3n) is 1.99. The van der Waals surface area contributed by atoms with Gasteiger partial charge in [0.2, 0.25) is 5.95 Å². The fourth-order valence-electron chi connectivity index (χ4n) is 1.27. The molecule has 0 bridgehead atoms. The molecule has 0 radical (unpaired) electrons. The molecule has 0 aromatic carbocycles. The zero-order valence-corrected chi connectivity index (χ0v) is 9.65. The van der Waals surface area contributed by atoms with Crippen LogP contribution in [0.3, 0.4) is 0 Å². The molecule has 0 aliphatic rings. The van der Waals surface area contributed by atoms with Gasteiger partial charge in [-0.1, -0.05) is 0 Å². The first-order valence-electron chi connectivity index (χ1n) is 4.35. The average molecular weight is 282 g/mol. The number of nitrogen functional groups attached to an aromatic ring is 1. The number of halogens is 1. The molecule has 0 aliphatic carbocycles. The quantitative estimate of drug-likeness (QED) is 0.760. The van der Waals surface area contributed by atoms with Gasteiger partial charge in [0.25, 0.3) is 5.91 Å². The van der Waals surface area contributed by atoms with Gasteiger partial charge in [0.1, 0.15) is 0 Å². The van der Waals surface area contributed by atoms with E-state index >= 15 is 0 Å². The summed E-state index contributed by atoms with van der Waals surface area (Å²) in [7, 11) is 0. The Morgan fingerprint density at radius 1 is 1.50 bits per heavy atom. The second-order valence-electron chi connectivity index (χ2n) is 3.08. The summed E-state index contributed by atoms with van der Waals surface area (Å²) in [5.74, 6) is -0.347. The normalized spacial score (nSPS) is 10.3. The Morgan fingerprint density at radius 2 is 2.25 bits per heavy atom. The van der Waals surface area contributed by atoms with Crippen LogP contribution in [0.1, 0.15) is 10.4 Å². The van der Waals surface area contributed by atoms with Gasteiger partial charge in [-0.3, -0.25) is 4.79 Å². The molecule has 0 saturated carbocycles. The Balaban J connectivity index is 2.49. The summed E-state index contributed by atoms with van der Waals surface area (Å²) in [5, 5.41) is 0. The van der Waals surface area contributed by atoms with Crippen LogP contribution >= 0.6 is 15.9 Å². The predicted octanol–water partition coefficient (Wildman–Crippen LogP) is 0.915. The standard InChI is InChI=1S/C9H8BrN5O/c10-7-4(8(11)16)3-6(14-7)5-1-2-13-9(12)15-5/h1-3,14H,(H2,11,16)(H2,12,13,15). The maximum Gasteiger partial charge on any atom is 0.251 e. The number of carbonyl (C=O) groups excluding carboxylic acids is 1. The number of carbonyl (C=O) groups is 1. The first-order valence-corrected chi connectivity index (χ1v) is 5.14. The summed E-state index contributed by atoms with van der Waals surface area (Å²) in [5.41, 5.74) is 12.3. The van der Waals surface area contributed by atoms with Crippen molar-refractivity contribution in [1.82, 2.24) is 15.0 Å². The number of rotatable bonds is 2. The zero-order valence-electron chi connectivity index (χ0n) is 8.07. The number of nitrogens with one attached hydrogen (secondary N) is 1. The van der Waals surface area contributed by atoms with Crippen LogP contribution in [0.4, 0.5) is 5.95 Å². The molecule has 0 saturated heterocycles. The minimum atomic E-state index is -0.517. The molecule has 2 aromatic rings. The molecule has 2 heterocycles. The van der Waals surface area contributed by atoms with Gasteiger partial charge in [0.15, 0.2) is 0 Å². The maximum atomic E-state index is 11.0. The lowest BCUT2D eigenvalue weighted by molar-refractivity contribution is 0.0999. The van der Waals surface area contributed by atoms with E-state index in [1.807, 2.05) is 0 Å². The highest BCUT2D eigenvalue weighted by Gasteiger charge is 2.12. The van der Waals surface area contributed by atoms with Crippen LogP contribution in [0, 0.1) is 0 Å². The molecular weight excluding hydrogens is 274 g/mol. The van der Waals surface area contributed by atoms with Crippen molar-refractivity contribution >= 4 is 27.8 Å². The molecule has 0 fully saturated rings. The summed E-state index contributed by atoms with van der Waals surface area (Å²) >= 11 is 3.20. The first-order chi connectivity index (χ1) is 7.58. The van der Waals surface area contributed by atoms with Crippen molar-refractivity contribution in [1.29, 1.82) is 0 Å². The molecule has 0 spiro atoms. The largest absolute Gasteiger partial charge is 0.368 e. The fourth-order valence-corrected chi connectivity index (χ4v) is 1.79. The Kier molecular flexibility index (Phi) is 2.61. The molecular formula is C9H8BrN5O. The summed E-state index contributed by atoms with van der Waals surface area (Å²) < 4.78 is 0.521. The van der Waals surface area contributed by atoms with E-state index in [9.17, 15) is 4.79 Å². The van der Waals surface area contributed by atoms with E-state index in [-0.39, 0.29) is 5.95 Å². The fraction of sp³-hybridized carbons (Fsp3) is 0. The lowest BCUT2D eigenvalue weighted by atomic mass is 10.2. The third-order valence-corrected chi connectivity index (χ3v) is 2.61. The van der Waals surface area contributed by atoms with Gasteiger partial charge in [0.05, 0.1) is 21.6 Å². The third kappa shape index (κ3) is 1.89. The Labute approximate surface area is 99.2 Å². The van der Waals surface area contributed by atoms with Crippen molar-refractivity contribution < 1.29 is 4.79 Å². The van der Waals surface area contributed by atoms with E-state index < -0.39 is 5.91 Å². The topological polar surface area (TPSA) is 111 Å². The van der Waals surface area contributed by atoms with Gasteiger partial charge in [-0.2, -0.15) is 0 Å². The predicted molar refractivity (Wildman–Crippen MR) is 62.4 cm³/mol. The molecule has 16 heavy (non-hydrogen) atoms. The number of hydrogen-bond donors (Lipinski definition) is 3. The minimum absolute atomic E-state index is 0.170. The molecule has 0 aliphatic heterocycles. The number of aromatic amines is 1. The van der Waals surface area contributed by atoms with Crippen LogP contribution in [-0.4, -0.2) is 20.9 Å². The van der Waals surface area contributed by atoms with Gasteiger partial charge in [-0.05, 0) is 28.1 Å². The van der Waals surface area contributed by atoms with Crippen LogP contribution in [0.2, 0.25) is 0 Å². The SMILES string of the molecule is NC(=O)c1cc(-c2ccnc(N)n2)[nH]c1Br. The van der Waals surface area contributed by atoms with E-state index in [4.69, 9.17) is 11.5 Å². The average Bonchev–Trinajstić information content (AvgIpc) is 2.60. The Bertz CT molecular complexity index is 551. The van der Waals surface area contributed by atoms with Gasteiger partial charge >= 0.3 is 0 Å². The molecule has 0 unspecified atom stereocenters. The van der Waals surface area contributed by atoms with Crippen molar-refractivity contribution in [3.8, 4) is 11.4 Å². The van der Waals surface area contributed by atoms with E-state index in [2.05, 4.69) is 30.9 Å². The molecule has 1 amide bonds. The summed E-state index contributed by atoms with van der Waals surface area (Å²) in [6, 6.07) is 3.29. The van der Waals surface area contributed by atoms with Crippen LogP contribution in [-0.2, 0) is 0 Å². The monoisotopic (exact) mass is 281 g/mol. The van der Waals surface area contributed by atoms with Crippen molar-refractivity contribution in [2.45, 2.75) is 0 Å². The number of hydrogen-bond acceptors (Lipinski definition) is 4. The molecule has 2 aromatic heterocycles. The van der Waals surface area contributed by atoms with Crippen molar-refractivity contribution in [3.05, 3.63) is 28.5 Å². The smallest absolute Gasteiger partial charge is 0.251 e. The number of nitrogens with two attached hydrogens (primary N) is 2. The highest BCUT2D eigenvalue weighted by atomic mass is 79.9. The molecule has 7 heteroatoms. The summed E-state index contributed by atoms with van der Waals surface area (Å²) in [6.07, 6.45) is 1.54. The van der Waals surface area contributed by atoms with Gasteiger partial charge in [0, 0.05) is 6.20 Å². The van der Waals surface area contributed by atoms with Crippen LogP contribution in [0.25, 0.3) is 11.4 Å². The zero-order chi connectivity index (χ0) is 11.7. The van der Waals surface area contributed by atoms with Crippen molar-refractivity contribution in [3.63, 3.8) is 0 Å². The van der Waals surface area contributed by atoms with Crippen molar-refractivity contribution in [2.24, 2.45) is 5.73 Å². The van der Waals surface area contributed by atoms with E-state index in [0.29, 0.717) is 21.6 Å². The van der Waals surface area contributed by atoms with Crippen LogP contribution < -0.4 is 11.5 Å². The van der Waals surface area contributed by atoms with E-state index in [1.54, 1.807) is 12.1 Å². The molecule has 6 nitrogen and oxygen atoms in total. The number of amides is 1. The number of anilines is 1. The Morgan fingerprint density at radius 3 is 2.81 bits per heavy atom. The summed E-state index contributed by atoms with van der Waals surface area (Å²) in [6.45, 7) is 0. The van der Waals surface area contributed by atoms with Gasteiger partial charge in [-0.25, -0.2) is 9.97 Å². The molecule has 2 rings (SSSR count). The lowest BCUT2D eigenvalue weighted by Gasteiger charge is -1.96. The van der Waals surface area contributed by atoms with Crippen molar-refractivity contribution in [2.75, 3.05) is 5.73 Å². The second-order valence-corrected chi connectivity index (χ2v) is 3.87. The number of primary amides is 1. The highest BCUT2D eigenvalue weighted by molar-refractivity contribution is 9.10. The lowest BCUT2D eigenvalue weighted by Crippen LogP contribution is -2.10. The molecule has 0 atom stereocenters. The first kappa shape index (κ1) is 10.6. The van der Waals surface area contributed by atoms with Crippen LogP contribution in [0.15, 0.2) is 22.9 Å². The molecule has 82 valence electrons. The number of aromatic nitrogens is 3. The number of nitrogens with zero attached hydrogens (tertiary/aromatic N) is 2. The molecule has 5 N–H and O–H groups in total. The van der Waals surface area contributed by atoms with Crippen LogP contribution in [0.5, 0.6) is 0 Å². The highest BCUT2D eigenvalue weighted by Crippen LogP contribution is 2.23.